The van der Waals surface area contributed by atoms with E-state index in [9.17, 15) is 4.39 Å². The van der Waals surface area contributed by atoms with Gasteiger partial charge in [0.1, 0.15) is 11.6 Å². The van der Waals surface area contributed by atoms with E-state index >= 15 is 0 Å². The summed E-state index contributed by atoms with van der Waals surface area (Å²) in [4.78, 5) is 11.3. The molecule has 0 spiro atoms. The number of pyridine rings is 1. The first-order chi connectivity index (χ1) is 13.7. The number of likely N-dealkylation sites (N-methyl/N-ethyl adjacent to an activating group) is 1. The fraction of sp³-hybridized carbons (Fsp3) is 0.391. The smallest absolute Gasteiger partial charge is 0.140 e. The van der Waals surface area contributed by atoms with Gasteiger partial charge in [-0.3, -0.25) is 4.98 Å². The Bertz CT molecular complexity index is 883. The van der Waals surface area contributed by atoms with Gasteiger partial charge in [0, 0.05) is 55.9 Å². The first kappa shape index (κ1) is 18.7. The predicted molar refractivity (Wildman–Crippen MR) is 111 cm³/mol. The summed E-state index contributed by atoms with van der Waals surface area (Å²) in [6, 6.07) is 11.2. The Balaban J connectivity index is 1.56. The van der Waals surface area contributed by atoms with Gasteiger partial charge in [-0.2, -0.15) is 0 Å². The van der Waals surface area contributed by atoms with Crippen molar-refractivity contribution in [2.45, 2.75) is 44.6 Å². The fourth-order valence-corrected chi connectivity index (χ4v) is 4.02. The molecular formula is C23H27FN4. The molecule has 1 aromatic carbocycles. The third-order valence-corrected chi connectivity index (χ3v) is 5.66. The summed E-state index contributed by atoms with van der Waals surface area (Å²) in [5, 5.41) is 0. The lowest BCUT2D eigenvalue weighted by Crippen LogP contribution is -2.20. The number of rotatable bonds is 6. The Morgan fingerprint density at radius 2 is 1.75 bits per heavy atom. The molecule has 1 saturated carbocycles. The van der Waals surface area contributed by atoms with Gasteiger partial charge in [0.2, 0.25) is 0 Å². The van der Waals surface area contributed by atoms with E-state index in [1.165, 1.54) is 44.2 Å². The molecule has 0 aliphatic heterocycles. The standard InChI is InChI=1S/C23H27FN4/c1-27(21-11-14-25-15-12-21)16-13-20-17-28(22-5-3-2-4-6-22)23(26-20)18-7-9-19(24)10-8-18/h7-12,14-15,17,22H,2-6,13,16H2,1H3. The summed E-state index contributed by atoms with van der Waals surface area (Å²) in [7, 11) is 2.09. The maximum absolute atomic E-state index is 13.4. The van der Waals surface area contributed by atoms with Crippen molar-refractivity contribution < 1.29 is 4.39 Å². The van der Waals surface area contributed by atoms with Gasteiger partial charge in [0.25, 0.3) is 0 Å². The molecule has 146 valence electrons. The average Bonchev–Trinajstić information content (AvgIpc) is 3.18. The van der Waals surface area contributed by atoms with Gasteiger partial charge in [-0.05, 0) is 49.2 Å². The highest BCUT2D eigenvalue weighted by molar-refractivity contribution is 5.56. The van der Waals surface area contributed by atoms with Crippen molar-refractivity contribution in [2.75, 3.05) is 18.5 Å². The van der Waals surface area contributed by atoms with Crippen LogP contribution in [0.2, 0.25) is 0 Å². The van der Waals surface area contributed by atoms with Gasteiger partial charge in [-0.15, -0.1) is 0 Å². The van der Waals surface area contributed by atoms with Gasteiger partial charge < -0.3 is 9.47 Å². The van der Waals surface area contributed by atoms with Gasteiger partial charge in [-0.1, -0.05) is 19.3 Å². The van der Waals surface area contributed by atoms with Crippen LogP contribution >= 0.6 is 0 Å². The highest BCUT2D eigenvalue weighted by Crippen LogP contribution is 2.32. The minimum absolute atomic E-state index is 0.210. The normalized spacial score (nSPS) is 14.9. The summed E-state index contributed by atoms with van der Waals surface area (Å²) < 4.78 is 15.7. The lowest BCUT2D eigenvalue weighted by atomic mass is 9.95. The maximum Gasteiger partial charge on any atom is 0.140 e. The van der Waals surface area contributed by atoms with E-state index in [0.717, 1.165) is 35.7 Å². The van der Waals surface area contributed by atoms with Crippen molar-refractivity contribution in [1.82, 2.24) is 14.5 Å². The number of imidazole rings is 1. The SMILES string of the molecule is CN(CCc1cn(C2CCCCC2)c(-c2ccc(F)cc2)n1)c1ccncc1. The zero-order valence-corrected chi connectivity index (χ0v) is 16.4. The molecule has 3 aromatic rings. The van der Waals surface area contributed by atoms with Crippen LogP contribution in [0.25, 0.3) is 11.4 Å². The van der Waals surface area contributed by atoms with Crippen LogP contribution < -0.4 is 4.90 Å². The van der Waals surface area contributed by atoms with Crippen LogP contribution in [0.15, 0.2) is 55.0 Å². The van der Waals surface area contributed by atoms with Crippen molar-refractivity contribution in [3.8, 4) is 11.4 Å². The van der Waals surface area contributed by atoms with Crippen LogP contribution in [0, 0.1) is 5.82 Å². The summed E-state index contributed by atoms with van der Waals surface area (Å²) in [6.45, 7) is 0.883. The van der Waals surface area contributed by atoms with Crippen LogP contribution in [0.4, 0.5) is 10.1 Å². The molecule has 1 fully saturated rings. The minimum atomic E-state index is -0.210. The number of hydrogen-bond donors (Lipinski definition) is 0. The van der Waals surface area contributed by atoms with Crippen molar-refractivity contribution in [3.05, 3.63) is 66.5 Å². The second-order valence-corrected chi connectivity index (χ2v) is 7.64. The Labute approximate surface area is 166 Å². The lowest BCUT2D eigenvalue weighted by molar-refractivity contribution is 0.355. The van der Waals surface area contributed by atoms with Crippen LogP contribution in [0.3, 0.4) is 0 Å². The van der Waals surface area contributed by atoms with Crippen molar-refractivity contribution >= 4 is 5.69 Å². The van der Waals surface area contributed by atoms with E-state index in [4.69, 9.17) is 4.98 Å². The van der Waals surface area contributed by atoms with E-state index < -0.39 is 0 Å². The van der Waals surface area contributed by atoms with E-state index in [1.54, 1.807) is 0 Å². The topological polar surface area (TPSA) is 34.0 Å². The van der Waals surface area contributed by atoms with Crippen molar-refractivity contribution in [2.24, 2.45) is 0 Å². The largest absolute Gasteiger partial charge is 0.374 e. The molecule has 0 saturated heterocycles. The molecule has 0 N–H and O–H groups in total. The van der Waals surface area contributed by atoms with Gasteiger partial charge in [0.15, 0.2) is 0 Å². The first-order valence-electron chi connectivity index (χ1n) is 10.2. The lowest BCUT2D eigenvalue weighted by Gasteiger charge is -2.24. The Hall–Kier alpha value is -2.69. The van der Waals surface area contributed by atoms with Gasteiger partial charge in [-0.25, -0.2) is 9.37 Å². The van der Waals surface area contributed by atoms with Gasteiger partial charge in [0.05, 0.1) is 5.69 Å². The molecular weight excluding hydrogens is 351 g/mol. The monoisotopic (exact) mass is 378 g/mol. The van der Waals surface area contributed by atoms with Crippen molar-refractivity contribution in [1.29, 1.82) is 0 Å². The van der Waals surface area contributed by atoms with E-state index in [1.807, 2.05) is 36.7 Å². The number of anilines is 1. The first-order valence-corrected chi connectivity index (χ1v) is 10.2. The quantitative estimate of drug-likeness (QED) is 0.586. The van der Waals surface area contributed by atoms with E-state index in [-0.39, 0.29) is 5.82 Å². The predicted octanol–water partition coefficient (Wildman–Crippen LogP) is 5.27. The highest BCUT2D eigenvalue weighted by Gasteiger charge is 2.20. The van der Waals surface area contributed by atoms with Crippen LogP contribution in [0.5, 0.6) is 0 Å². The molecule has 1 aliphatic carbocycles. The zero-order valence-electron chi connectivity index (χ0n) is 16.4. The molecule has 2 aromatic heterocycles. The second kappa shape index (κ2) is 8.55. The summed E-state index contributed by atoms with van der Waals surface area (Å²) in [6.07, 6.45) is 13.0. The molecule has 1 aliphatic rings. The summed E-state index contributed by atoms with van der Waals surface area (Å²) in [5.41, 5.74) is 3.23. The van der Waals surface area contributed by atoms with E-state index in [2.05, 4.69) is 27.7 Å². The number of halogens is 1. The number of nitrogens with zero attached hydrogens (tertiary/aromatic N) is 4. The molecule has 2 heterocycles. The molecule has 0 bridgehead atoms. The van der Waals surface area contributed by atoms with Crippen molar-refractivity contribution in [3.63, 3.8) is 0 Å². The molecule has 28 heavy (non-hydrogen) atoms. The molecule has 5 heteroatoms. The summed E-state index contributed by atoms with van der Waals surface area (Å²) in [5.74, 6) is 0.757. The Kier molecular flexibility index (Phi) is 5.70. The van der Waals surface area contributed by atoms with Gasteiger partial charge >= 0.3 is 0 Å². The van der Waals surface area contributed by atoms with Crippen LogP contribution in [-0.4, -0.2) is 28.1 Å². The number of hydrogen-bond acceptors (Lipinski definition) is 3. The molecule has 0 unspecified atom stereocenters. The Morgan fingerprint density at radius 3 is 2.46 bits per heavy atom. The third kappa shape index (κ3) is 4.24. The fourth-order valence-electron chi connectivity index (χ4n) is 4.02. The van der Waals surface area contributed by atoms with Crippen LogP contribution in [0.1, 0.15) is 43.8 Å². The highest BCUT2D eigenvalue weighted by atomic mass is 19.1. The number of benzene rings is 1. The van der Waals surface area contributed by atoms with E-state index in [0.29, 0.717) is 6.04 Å². The summed E-state index contributed by atoms with van der Waals surface area (Å²) >= 11 is 0. The van der Waals surface area contributed by atoms with Crippen LogP contribution in [-0.2, 0) is 6.42 Å². The zero-order chi connectivity index (χ0) is 19.3. The minimum Gasteiger partial charge on any atom is -0.374 e. The average molecular weight is 378 g/mol. The molecule has 0 amide bonds. The third-order valence-electron chi connectivity index (χ3n) is 5.66. The molecule has 0 atom stereocenters. The maximum atomic E-state index is 13.4. The Morgan fingerprint density at radius 1 is 1.04 bits per heavy atom. The molecule has 0 radical (unpaired) electrons. The second-order valence-electron chi connectivity index (χ2n) is 7.64. The molecule has 4 rings (SSSR count). The molecule has 4 nitrogen and oxygen atoms in total. The number of aromatic nitrogens is 3.